The van der Waals surface area contributed by atoms with Gasteiger partial charge in [-0.3, -0.25) is 0 Å². The van der Waals surface area contributed by atoms with Gasteiger partial charge >= 0.3 is 0 Å². The third-order valence-electron chi connectivity index (χ3n) is 2.46. The van der Waals surface area contributed by atoms with Crippen LogP contribution in [0.2, 0.25) is 0 Å². The molecule has 0 saturated carbocycles. The number of benzene rings is 1. The fraction of sp³-hybridized carbons (Fsp3) is 0.357. The minimum absolute atomic E-state index is 0.332. The number of aldehydes is 1. The summed E-state index contributed by atoms with van der Waals surface area (Å²) in [4.78, 5) is 10.6. The Kier molecular flexibility index (Phi) is 4.82. The molecule has 0 N–H and O–H groups in total. The summed E-state index contributed by atoms with van der Waals surface area (Å²) < 4.78 is 0. The molecule has 1 rings (SSSR count). The first-order valence-corrected chi connectivity index (χ1v) is 5.36. The topological polar surface area (TPSA) is 17.1 Å². The summed E-state index contributed by atoms with van der Waals surface area (Å²) in [5, 5.41) is 0. The first-order chi connectivity index (χ1) is 7.24. The maximum absolute atomic E-state index is 10.6. The molecule has 1 unspecified atom stereocenters. The average Bonchev–Trinajstić information content (AvgIpc) is 2.25. The summed E-state index contributed by atoms with van der Waals surface area (Å²) in [6.07, 6.45) is 4.76. The van der Waals surface area contributed by atoms with Crippen molar-refractivity contribution in [2.24, 2.45) is 0 Å². The Hall–Kier alpha value is -1.37. The van der Waals surface area contributed by atoms with E-state index in [0.29, 0.717) is 12.3 Å². The minimum Gasteiger partial charge on any atom is -0.303 e. The molecule has 80 valence electrons. The number of carbonyl (C=O) groups excluding carboxylic acids is 1. The molecule has 0 saturated heterocycles. The highest BCUT2D eigenvalue weighted by Gasteiger charge is 2.08. The molecule has 0 aliphatic rings. The van der Waals surface area contributed by atoms with Gasteiger partial charge in [0.15, 0.2) is 0 Å². The largest absolute Gasteiger partial charge is 0.303 e. The summed E-state index contributed by atoms with van der Waals surface area (Å²) in [6, 6.07) is 10.2. The lowest BCUT2D eigenvalue weighted by Gasteiger charge is -2.12. The van der Waals surface area contributed by atoms with Crippen LogP contribution in [-0.2, 0) is 4.79 Å². The lowest BCUT2D eigenvalue weighted by Crippen LogP contribution is -1.98. The van der Waals surface area contributed by atoms with Crippen molar-refractivity contribution in [2.45, 2.75) is 32.6 Å². The Bertz CT molecular complexity index is 320. The number of hydrogen-bond acceptors (Lipinski definition) is 1. The van der Waals surface area contributed by atoms with Crippen LogP contribution in [0, 0.1) is 0 Å². The van der Waals surface area contributed by atoms with Crippen LogP contribution in [-0.4, -0.2) is 6.29 Å². The van der Waals surface area contributed by atoms with E-state index in [1.54, 1.807) is 0 Å². The highest BCUT2D eigenvalue weighted by atomic mass is 16.1. The molecule has 0 fully saturated rings. The van der Waals surface area contributed by atoms with Crippen molar-refractivity contribution in [3.8, 4) is 0 Å². The molecular weight excluding hydrogens is 184 g/mol. The molecule has 0 radical (unpaired) electrons. The zero-order valence-electron chi connectivity index (χ0n) is 9.44. The van der Waals surface area contributed by atoms with Gasteiger partial charge in [0, 0.05) is 6.42 Å². The van der Waals surface area contributed by atoms with Crippen LogP contribution >= 0.6 is 0 Å². The van der Waals surface area contributed by atoms with Crippen molar-refractivity contribution in [1.82, 2.24) is 0 Å². The second kappa shape index (κ2) is 6.18. The number of allylic oxidation sites excluding steroid dienone is 2. The van der Waals surface area contributed by atoms with Gasteiger partial charge < -0.3 is 4.79 Å². The van der Waals surface area contributed by atoms with E-state index in [9.17, 15) is 4.79 Å². The van der Waals surface area contributed by atoms with E-state index in [0.717, 1.165) is 12.7 Å². The smallest absolute Gasteiger partial charge is 0.120 e. The van der Waals surface area contributed by atoms with Crippen molar-refractivity contribution in [2.75, 3.05) is 0 Å². The normalized spacial score (nSPS) is 11.9. The van der Waals surface area contributed by atoms with Crippen LogP contribution < -0.4 is 0 Å². The number of hydrogen-bond donors (Lipinski definition) is 0. The third kappa shape index (κ3) is 4.11. The van der Waals surface area contributed by atoms with E-state index in [2.05, 4.69) is 32.1 Å². The summed E-state index contributed by atoms with van der Waals surface area (Å²) in [5.74, 6) is 0.332. The van der Waals surface area contributed by atoms with Gasteiger partial charge in [-0.2, -0.15) is 0 Å². The Morgan fingerprint density at radius 3 is 2.40 bits per heavy atom. The fourth-order valence-electron chi connectivity index (χ4n) is 1.59. The van der Waals surface area contributed by atoms with Gasteiger partial charge in [0.25, 0.3) is 0 Å². The predicted octanol–water partition coefficient (Wildman–Crippen LogP) is 3.72. The van der Waals surface area contributed by atoms with E-state index < -0.39 is 0 Å². The maximum Gasteiger partial charge on any atom is 0.120 e. The molecule has 0 aliphatic carbocycles. The van der Waals surface area contributed by atoms with Gasteiger partial charge in [-0.15, -0.1) is 0 Å². The first kappa shape index (κ1) is 11.7. The Morgan fingerprint density at radius 1 is 1.20 bits per heavy atom. The SMILES string of the molecule is CC(C)=CCC(CC=O)c1ccccc1. The number of rotatable bonds is 5. The maximum atomic E-state index is 10.6. The van der Waals surface area contributed by atoms with E-state index in [1.165, 1.54) is 11.1 Å². The summed E-state index contributed by atoms with van der Waals surface area (Å²) in [5.41, 5.74) is 2.56. The van der Waals surface area contributed by atoms with E-state index in [4.69, 9.17) is 0 Å². The molecule has 15 heavy (non-hydrogen) atoms. The van der Waals surface area contributed by atoms with Gasteiger partial charge in [-0.05, 0) is 31.7 Å². The Labute approximate surface area is 91.8 Å². The Balaban J connectivity index is 2.74. The zero-order valence-corrected chi connectivity index (χ0v) is 9.44. The quantitative estimate of drug-likeness (QED) is 0.525. The highest BCUT2D eigenvalue weighted by molar-refractivity contribution is 5.51. The van der Waals surface area contributed by atoms with Gasteiger partial charge in [0.05, 0.1) is 0 Å². The van der Waals surface area contributed by atoms with Crippen molar-refractivity contribution in [3.05, 3.63) is 47.5 Å². The summed E-state index contributed by atoms with van der Waals surface area (Å²) in [7, 11) is 0. The molecule has 1 atom stereocenters. The van der Waals surface area contributed by atoms with Crippen molar-refractivity contribution < 1.29 is 4.79 Å². The van der Waals surface area contributed by atoms with Gasteiger partial charge in [0.2, 0.25) is 0 Å². The molecule has 0 spiro atoms. The molecule has 1 heteroatoms. The van der Waals surface area contributed by atoms with Crippen LogP contribution in [0.5, 0.6) is 0 Å². The highest BCUT2D eigenvalue weighted by Crippen LogP contribution is 2.23. The molecule has 0 aromatic heterocycles. The third-order valence-corrected chi connectivity index (χ3v) is 2.46. The molecule has 0 heterocycles. The fourth-order valence-corrected chi connectivity index (χ4v) is 1.59. The molecule has 0 aliphatic heterocycles. The second-order valence-electron chi connectivity index (χ2n) is 4.03. The molecule has 0 bridgehead atoms. The van der Waals surface area contributed by atoms with E-state index in [-0.39, 0.29) is 0 Å². The van der Waals surface area contributed by atoms with Crippen LogP contribution in [0.25, 0.3) is 0 Å². The predicted molar refractivity (Wildman–Crippen MR) is 63.9 cm³/mol. The monoisotopic (exact) mass is 202 g/mol. The molecule has 0 amide bonds. The standard InChI is InChI=1S/C14H18O/c1-12(2)8-9-14(10-11-15)13-6-4-3-5-7-13/h3-8,11,14H,9-10H2,1-2H3. The van der Waals surface area contributed by atoms with Crippen molar-refractivity contribution >= 4 is 6.29 Å². The molecule has 1 aromatic carbocycles. The minimum atomic E-state index is 0.332. The van der Waals surface area contributed by atoms with Crippen LogP contribution in [0.15, 0.2) is 42.0 Å². The van der Waals surface area contributed by atoms with Gasteiger partial charge in [-0.1, -0.05) is 42.0 Å². The summed E-state index contributed by atoms with van der Waals surface area (Å²) in [6.45, 7) is 4.17. The van der Waals surface area contributed by atoms with Crippen LogP contribution in [0.1, 0.15) is 38.2 Å². The molecule has 1 nitrogen and oxygen atoms in total. The van der Waals surface area contributed by atoms with Crippen molar-refractivity contribution in [1.29, 1.82) is 0 Å². The zero-order chi connectivity index (χ0) is 11.1. The lowest BCUT2D eigenvalue weighted by atomic mass is 9.92. The molecule has 1 aromatic rings. The number of carbonyl (C=O) groups is 1. The van der Waals surface area contributed by atoms with E-state index >= 15 is 0 Å². The lowest BCUT2D eigenvalue weighted by molar-refractivity contribution is -0.108. The van der Waals surface area contributed by atoms with Gasteiger partial charge in [0.1, 0.15) is 6.29 Å². The van der Waals surface area contributed by atoms with Crippen LogP contribution in [0.3, 0.4) is 0 Å². The summed E-state index contributed by atoms with van der Waals surface area (Å²) >= 11 is 0. The molecular formula is C14H18O. The Morgan fingerprint density at radius 2 is 1.87 bits per heavy atom. The first-order valence-electron chi connectivity index (χ1n) is 5.36. The van der Waals surface area contributed by atoms with E-state index in [1.807, 2.05) is 18.2 Å². The van der Waals surface area contributed by atoms with Crippen molar-refractivity contribution in [3.63, 3.8) is 0 Å². The van der Waals surface area contributed by atoms with Crippen LogP contribution in [0.4, 0.5) is 0 Å². The second-order valence-corrected chi connectivity index (χ2v) is 4.03. The van der Waals surface area contributed by atoms with Gasteiger partial charge in [-0.25, -0.2) is 0 Å². The average molecular weight is 202 g/mol.